The maximum Gasteiger partial charge on any atom is 0.247 e. The van der Waals surface area contributed by atoms with Gasteiger partial charge in [0.2, 0.25) is 5.91 Å². The summed E-state index contributed by atoms with van der Waals surface area (Å²) in [6, 6.07) is 8.69. The van der Waals surface area contributed by atoms with Crippen LogP contribution in [-0.4, -0.2) is 28.9 Å². The fraction of sp³-hybridized carbons (Fsp3) is 0.176. The van der Waals surface area contributed by atoms with Crippen LogP contribution >= 0.6 is 34.8 Å². The minimum atomic E-state index is -0.915. The van der Waals surface area contributed by atoms with E-state index < -0.39 is 18.1 Å². The van der Waals surface area contributed by atoms with Crippen molar-refractivity contribution in [2.24, 2.45) is 21.8 Å². The first kappa shape index (κ1) is 19.6. The lowest BCUT2D eigenvalue weighted by Crippen LogP contribution is -2.47. The van der Waals surface area contributed by atoms with Crippen molar-refractivity contribution in [2.45, 2.75) is 18.8 Å². The lowest BCUT2D eigenvalue weighted by atomic mass is 10.0. The van der Waals surface area contributed by atoms with Gasteiger partial charge in [-0.1, -0.05) is 40.0 Å². The molecular weight excluding hydrogens is 413 g/mol. The second kappa shape index (κ2) is 7.82. The summed E-state index contributed by atoms with van der Waals surface area (Å²) >= 11 is 18.4. The van der Waals surface area contributed by atoms with E-state index in [0.717, 1.165) is 0 Å². The van der Waals surface area contributed by atoms with Gasteiger partial charge >= 0.3 is 0 Å². The summed E-state index contributed by atoms with van der Waals surface area (Å²) in [7, 11) is 0. The molecule has 1 heterocycles. The first-order valence-electron chi connectivity index (χ1n) is 7.78. The normalized spacial score (nSPS) is 18.7. The molecule has 2 aromatic rings. The molecule has 1 aliphatic heterocycles. The number of carbonyl (C=O) groups is 2. The van der Waals surface area contributed by atoms with Crippen LogP contribution in [0.2, 0.25) is 15.1 Å². The number of amides is 1. The molecule has 0 aliphatic carbocycles. The number of halogens is 3. The van der Waals surface area contributed by atoms with Gasteiger partial charge in [-0.3, -0.25) is 14.6 Å². The van der Waals surface area contributed by atoms with E-state index in [4.69, 9.17) is 46.3 Å². The lowest BCUT2D eigenvalue weighted by Gasteiger charge is -2.21. The van der Waals surface area contributed by atoms with Gasteiger partial charge in [0.25, 0.3) is 0 Å². The van der Waals surface area contributed by atoms with E-state index in [1.165, 1.54) is 5.01 Å². The molecular formula is C17H14Cl3N5O2. The third kappa shape index (κ3) is 4.06. The molecule has 0 fully saturated rings. The van der Waals surface area contributed by atoms with Crippen LogP contribution in [0.5, 0.6) is 0 Å². The summed E-state index contributed by atoms with van der Waals surface area (Å²) in [5, 5.41) is 9.90. The maximum atomic E-state index is 12.7. The summed E-state index contributed by atoms with van der Waals surface area (Å²) in [6.07, 6.45) is -0.782. The molecule has 0 saturated heterocycles. The highest BCUT2D eigenvalue weighted by molar-refractivity contribution is 6.41. The zero-order valence-corrected chi connectivity index (χ0v) is 16.0. The van der Waals surface area contributed by atoms with E-state index in [1.54, 1.807) is 36.4 Å². The topological polar surface area (TPSA) is 114 Å². The predicted octanol–water partition coefficient (Wildman–Crippen LogP) is 3.20. The van der Waals surface area contributed by atoms with Crippen LogP contribution in [0.15, 0.2) is 46.7 Å². The van der Waals surface area contributed by atoms with Crippen LogP contribution < -0.4 is 11.5 Å². The number of ketones is 1. The van der Waals surface area contributed by atoms with Crippen LogP contribution in [0.1, 0.15) is 21.5 Å². The van der Waals surface area contributed by atoms with Gasteiger partial charge in [0.15, 0.2) is 11.8 Å². The fourth-order valence-corrected chi connectivity index (χ4v) is 3.47. The molecule has 2 unspecified atom stereocenters. The molecule has 1 aliphatic rings. The fourth-order valence-electron chi connectivity index (χ4n) is 2.64. The van der Waals surface area contributed by atoms with E-state index in [9.17, 15) is 9.59 Å². The molecule has 1 amide bonds. The number of carbonyl (C=O) groups excluding carboxylic acids is 2. The zero-order chi connectivity index (χ0) is 19.7. The highest BCUT2D eigenvalue weighted by Crippen LogP contribution is 2.30. The highest BCUT2D eigenvalue weighted by Gasteiger charge is 2.33. The smallest absolute Gasteiger partial charge is 0.247 e. The number of primary amides is 1. The van der Waals surface area contributed by atoms with Crippen LogP contribution in [0, 0.1) is 0 Å². The Morgan fingerprint density at radius 1 is 1.07 bits per heavy atom. The van der Waals surface area contributed by atoms with E-state index in [0.29, 0.717) is 16.1 Å². The summed E-state index contributed by atoms with van der Waals surface area (Å²) in [4.78, 5) is 24.0. The standard InChI is InChI=1S/C17H14Cl3N5O2/c18-10-3-1-9(2-4-10)15(26)13-11(19)5-8(6-12(13)20)7-25-16(21)14(17(22)27)23-24-25/h1-6,14,16H,7,21H2,(H2,22,27). The summed E-state index contributed by atoms with van der Waals surface area (Å²) in [6.45, 7) is 0.198. The molecule has 2 atom stereocenters. The molecule has 140 valence electrons. The van der Waals surface area contributed by atoms with Crippen molar-refractivity contribution in [2.75, 3.05) is 0 Å². The minimum absolute atomic E-state index is 0.187. The molecule has 2 aromatic carbocycles. The van der Waals surface area contributed by atoms with Gasteiger partial charge in [-0.25, -0.2) is 0 Å². The first-order valence-corrected chi connectivity index (χ1v) is 8.92. The van der Waals surface area contributed by atoms with Crippen LogP contribution in [0.25, 0.3) is 0 Å². The van der Waals surface area contributed by atoms with E-state index in [1.807, 2.05) is 0 Å². The van der Waals surface area contributed by atoms with E-state index in [-0.39, 0.29) is 27.9 Å². The van der Waals surface area contributed by atoms with Gasteiger partial charge in [-0.05, 0) is 42.0 Å². The number of hydrogen-bond acceptors (Lipinski definition) is 6. The lowest BCUT2D eigenvalue weighted by molar-refractivity contribution is -0.119. The summed E-state index contributed by atoms with van der Waals surface area (Å²) < 4.78 is 0. The van der Waals surface area contributed by atoms with Gasteiger partial charge in [0.1, 0.15) is 6.17 Å². The minimum Gasteiger partial charge on any atom is -0.368 e. The summed E-state index contributed by atoms with van der Waals surface area (Å²) in [5.74, 6) is -0.978. The van der Waals surface area contributed by atoms with Gasteiger partial charge in [0, 0.05) is 10.6 Å². The molecule has 27 heavy (non-hydrogen) atoms. The average molecular weight is 427 g/mol. The molecule has 0 radical (unpaired) electrons. The van der Waals surface area contributed by atoms with Gasteiger partial charge < -0.3 is 11.5 Å². The number of nitrogens with two attached hydrogens (primary N) is 2. The Hall–Kier alpha value is -2.19. The van der Waals surface area contributed by atoms with Crippen molar-refractivity contribution < 1.29 is 9.59 Å². The van der Waals surface area contributed by atoms with Gasteiger partial charge in [-0.2, -0.15) is 5.11 Å². The van der Waals surface area contributed by atoms with Gasteiger partial charge in [0.05, 0.1) is 22.2 Å². The van der Waals surface area contributed by atoms with E-state index >= 15 is 0 Å². The molecule has 3 rings (SSSR count). The quantitative estimate of drug-likeness (QED) is 0.714. The Balaban J connectivity index is 1.83. The van der Waals surface area contributed by atoms with Gasteiger partial charge in [-0.15, -0.1) is 0 Å². The first-order chi connectivity index (χ1) is 12.8. The molecule has 7 nitrogen and oxygen atoms in total. The Labute approximate surface area is 169 Å². The Morgan fingerprint density at radius 3 is 2.19 bits per heavy atom. The van der Waals surface area contributed by atoms with Crippen LogP contribution in [0.3, 0.4) is 0 Å². The number of rotatable bonds is 5. The van der Waals surface area contributed by atoms with Crippen molar-refractivity contribution in [1.29, 1.82) is 0 Å². The Bertz CT molecular complexity index is 910. The van der Waals surface area contributed by atoms with E-state index in [2.05, 4.69) is 10.3 Å². The van der Waals surface area contributed by atoms with Crippen LogP contribution in [-0.2, 0) is 11.3 Å². The zero-order valence-electron chi connectivity index (χ0n) is 13.8. The number of nitrogens with zero attached hydrogens (tertiary/aromatic N) is 3. The maximum absolute atomic E-state index is 12.7. The van der Waals surface area contributed by atoms with Crippen molar-refractivity contribution in [3.05, 3.63) is 68.2 Å². The second-order valence-corrected chi connectivity index (χ2v) is 7.16. The Kier molecular flexibility index (Phi) is 5.67. The largest absolute Gasteiger partial charge is 0.368 e. The predicted molar refractivity (Wildman–Crippen MR) is 103 cm³/mol. The highest BCUT2D eigenvalue weighted by atomic mass is 35.5. The second-order valence-electron chi connectivity index (χ2n) is 5.91. The molecule has 0 bridgehead atoms. The van der Waals surface area contributed by atoms with Crippen molar-refractivity contribution in [3.63, 3.8) is 0 Å². The number of hydrogen-bond donors (Lipinski definition) is 2. The third-order valence-electron chi connectivity index (χ3n) is 4.03. The SMILES string of the molecule is NC(=O)C1N=NN(Cc2cc(Cl)c(C(=O)c3ccc(Cl)cc3)c(Cl)c2)C1N. The Morgan fingerprint density at radius 2 is 1.67 bits per heavy atom. The average Bonchev–Trinajstić information content (AvgIpc) is 2.95. The van der Waals surface area contributed by atoms with Crippen molar-refractivity contribution in [1.82, 2.24) is 5.01 Å². The summed E-state index contributed by atoms with van der Waals surface area (Å²) in [5.41, 5.74) is 12.4. The molecule has 4 N–H and O–H groups in total. The van der Waals surface area contributed by atoms with Crippen molar-refractivity contribution in [3.8, 4) is 0 Å². The molecule has 10 heteroatoms. The third-order valence-corrected chi connectivity index (χ3v) is 4.88. The van der Waals surface area contributed by atoms with Crippen molar-refractivity contribution >= 4 is 46.5 Å². The van der Waals surface area contributed by atoms with Crippen LogP contribution in [0.4, 0.5) is 0 Å². The molecule has 0 spiro atoms. The number of benzene rings is 2. The molecule has 0 saturated carbocycles. The molecule has 0 aromatic heterocycles. The monoisotopic (exact) mass is 425 g/mol.